The first-order chi connectivity index (χ1) is 8.18. The second-order valence-electron chi connectivity index (χ2n) is 5.32. The van der Waals surface area contributed by atoms with Crippen molar-refractivity contribution >= 4 is 17.7 Å². The number of rotatable bonds is 2. The summed E-state index contributed by atoms with van der Waals surface area (Å²) in [5.41, 5.74) is -0.0625. The molecule has 0 spiro atoms. The van der Waals surface area contributed by atoms with Gasteiger partial charge in [0.05, 0.1) is 5.41 Å². The van der Waals surface area contributed by atoms with E-state index < -0.39 is 0 Å². The quantitative estimate of drug-likeness (QED) is 0.816. The summed E-state index contributed by atoms with van der Waals surface area (Å²) in [6.07, 6.45) is 3.02. The van der Waals surface area contributed by atoms with E-state index in [9.17, 15) is 4.79 Å². The SMILES string of the molecule is CCC1(C(=O)N2CCSC(C)C2)CCNCC1. The highest BCUT2D eigenvalue weighted by atomic mass is 32.2. The van der Waals surface area contributed by atoms with Crippen LogP contribution in [0.2, 0.25) is 0 Å². The summed E-state index contributed by atoms with van der Waals surface area (Å²) in [6.45, 7) is 8.29. The average Bonchev–Trinajstić information content (AvgIpc) is 2.38. The summed E-state index contributed by atoms with van der Waals surface area (Å²) in [5, 5.41) is 3.97. The maximum absolute atomic E-state index is 12.7. The van der Waals surface area contributed by atoms with Crippen molar-refractivity contribution in [3.63, 3.8) is 0 Å². The minimum absolute atomic E-state index is 0.0625. The number of hydrogen-bond acceptors (Lipinski definition) is 3. The van der Waals surface area contributed by atoms with Gasteiger partial charge in [0.1, 0.15) is 0 Å². The summed E-state index contributed by atoms with van der Waals surface area (Å²) in [4.78, 5) is 14.9. The number of carbonyl (C=O) groups excluding carboxylic acids is 1. The molecule has 3 nitrogen and oxygen atoms in total. The van der Waals surface area contributed by atoms with Crippen LogP contribution in [0.3, 0.4) is 0 Å². The predicted octanol–water partition coefficient (Wildman–Crippen LogP) is 1.73. The van der Waals surface area contributed by atoms with E-state index in [1.165, 1.54) is 0 Å². The highest BCUT2D eigenvalue weighted by Crippen LogP contribution is 2.35. The molecular formula is C13H24N2OS. The summed E-state index contributed by atoms with van der Waals surface area (Å²) in [6, 6.07) is 0. The molecule has 0 aromatic heterocycles. The van der Waals surface area contributed by atoms with E-state index in [1.54, 1.807) is 0 Å². The van der Waals surface area contributed by atoms with Crippen molar-refractivity contribution in [3.8, 4) is 0 Å². The molecule has 1 N–H and O–H groups in total. The molecule has 0 bridgehead atoms. The summed E-state index contributed by atoms with van der Waals surface area (Å²) in [7, 11) is 0. The lowest BCUT2D eigenvalue weighted by Gasteiger charge is -2.41. The Labute approximate surface area is 109 Å². The maximum atomic E-state index is 12.7. The third-order valence-corrected chi connectivity index (χ3v) is 5.36. The van der Waals surface area contributed by atoms with Crippen LogP contribution in [0.25, 0.3) is 0 Å². The maximum Gasteiger partial charge on any atom is 0.228 e. The normalized spacial score (nSPS) is 29.1. The van der Waals surface area contributed by atoms with Crippen molar-refractivity contribution in [3.05, 3.63) is 0 Å². The van der Waals surface area contributed by atoms with E-state index in [1.807, 2.05) is 11.8 Å². The van der Waals surface area contributed by atoms with Crippen molar-refractivity contribution in [1.82, 2.24) is 10.2 Å². The van der Waals surface area contributed by atoms with Gasteiger partial charge in [-0.05, 0) is 32.4 Å². The smallest absolute Gasteiger partial charge is 0.228 e. The minimum atomic E-state index is -0.0625. The van der Waals surface area contributed by atoms with Crippen molar-refractivity contribution in [2.45, 2.75) is 38.4 Å². The summed E-state index contributed by atoms with van der Waals surface area (Å²) in [5.74, 6) is 1.53. The van der Waals surface area contributed by atoms with Crippen molar-refractivity contribution < 1.29 is 4.79 Å². The standard InChI is InChI=1S/C13H24N2OS/c1-3-13(4-6-14-7-5-13)12(16)15-8-9-17-11(2)10-15/h11,14H,3-10H2,1-2H3. The Kier molecular flexibility index (Phi) is 4.36. The van der Waals surface area contributed by atoms with Gasteiger partial charge in [0.15, 0.2) is 0 Å². The van der Waals surface area contributed by atoms with E-state index >= 15 is 0 Å². The monoisotopic (exact) mass is 256 g/mol. The fourth-order valence-electron chi connectivity index (χ4n) is 2.96. The molecule has 0 aromatic rings. The number of thioether (sulfide) groups is 1. The molecule has 2 aliphatic heterocycles. The molecule has 1 atom stereocenters. The Hall–Kier alpha value is -0.220. The molecule has 0 radical (unpaired) electrons. The van der Waals surface area contributed by atoms with Crippen LogP contribution in [0, 0.1) is 5.41 Å². The van der Waals surface area contributed by atoms with Crippen LogP contribution in [0.5, 0.6) is 0 Å². The van der Waals surface area contributed by atoms with Crippen molar-refractivity contribution in [2.24, 2.45) is 5.41 Å². The number of nitrogens with one attached hydrogen (secondary N) is 1. The van der Waals surface area contributed by atoms with Gasteiger partial charge in [-0.25, -0.2) is 0 Å². The van der Waals surface area contributed by atoms with Crippen LogP contribution in [0.4, 0.5) is 0 Å². The van der Waals surface area contributed by atoms with Crippen LogP contribution in [0.15, 0.2) is 0 Å². The van der Waals surface area contributed by atoms with Gasteiger partial charge < -0.3 is 10.2 Å². The molecule has 2 aliphatic rings. The molecule has 2 saturated heterocycles. The molecule has 98 valence electrons. The molecule has 2 rings (SSSR count). The van der Waals surface area contributed by atoms with E-state index in [0.29, 0.717) is 11.2 Å². The lowest BCUT2D eigenvalue weighted by Crippen LogP contribution is -2.52. The first-order valence-corrected chi connectivity index (χ1v) is 7.84. The third-order valence-electron chi connectivity index (χ3n) is 4.22. The van der Waals surface area contributed by atoms with E-state index in [0.717, 1.165) is 51.2 Å². The molecule has 4 heteroatoms. The van der Waals surface area contributed by atoms with Gasteiger partial charge in [0.2, 0.25) is 5.91 Å². The largest absolute Gasteiger partial charge is 0.340 e. The molecule has 2 heterocycles. The highest BCUT2D eigenvalue weighted by Gasteiger charge is 2.41. The first-order valence-electron chi connectivity index (χ1n) is 6.80. The Morgan fingerprint density at radius 1 is 1.47 bits per heavy atom. The average molecular weight is 256 g/mol. The molecule has 2 fully saturated rings. The molecule has 1 unspecified atom stereocenters. The van der Waals surface area contributed by atoms with Crippen LogP contribution in [-0.2, 0) is 4.79 Å². The van der Waals surface area contributed by atoms with Crippen molar-refractivity contribution in [2.75, 3.05) is 31.9 Å². The van der Waals surface area contributed by atoms with Crippen LogP contribution in [-0.4, -0.2) is 48.0 Å². The van der Waals surface area contributed by atoms with Gasteiger partial charge >= 0.3 is 0 Å². The molecule has 17 heavy (non-hydrogen) atoms. The number of amides is 1. The topological polar surface area (TPSA) is 32.3 Å². The van der Waals surface area contributed by atoms with Crippen LogP contribution >= 0.6 is 11.8 Å². The molecule has 0 saturated carbocycles. The van der Waals surface area contributed by atoms with Gasteiger partial charge in [0.25, 0.3) is 0 Å². The fraction of sp³-hybridized carbons (Fsp3) is 0.923. The second kappa shape index (κ2) is 5.61. The van der Waals surface area contributed by atoms with Crippen LogP contribution < -0.4 is 5.32 Å². The first kappa shape index (κ1) is 13.2. The summed E-state index contributed by atoms with van der Waals surface area (Å²) < 4.78 is 0. The van der Waals surface area contributed by atoms with Crippen LogP contribution in [0.1, 0.15) is 33.1 Å². The zero-order chi connectivity index (χ0) is 12.3. The lowest BCUT2D eigenvalue weighted by molar-refractivity contribution is -0.144. The summed E-state index contributed by atoms with van der Waals surface area (Å²) >= 11 is 1.99. The fourth-order valence-corrected chi connectivity index (χ4v) is 3.98. The van der Waals surface area contributed by atoms with E-state index in [2.05, 4.69) is 24.1 Å². The number of hydrogen-bond donors (Lipinski definition) is 1. The Morgan fingerprint density at radius 3 is 2.76 bits per heavy atom. The molecule has 0 aromatic carbocycles. The lowest BCUT2D eigenvalue weighted by atomic mass is 9.75. The predicted molar refractivity (Wildman–Crippen MR) is 73.3 cm³/mol. The zero-order valence-electron chi connectivity index (χ0n) is 11.0. The Morgan fingerprint density at radius 2 is 2.18 bits per heavy atom. The molecule has 0 aliphatic carbocycles. The van der Waals surface area contributed by atoms with Gasteiger partial charge in [-0.1, -0.05) is 13.8 Å². The van der Waals surface area contributed by atoms with Crippen molar-refractivity contribution in [1.29, 1.82) is 0 Å². The van der Waals surface area contributed by atoms with E-state index in [-0.39, 0.29) is 5.41 Å². The molecule has 1 amide bonds. The number of carbonyl (C=O) groups is 1. The van der Waals surface area contributed by atoms with Gasteiger partial charge in [-0.2, -0.15) is 11.8 Å². The zero-order valence-corrected chi connectivity index (χ0v) is 11.8. The Bertz CT molecular complexity index is 277. The van der Waals surface area contributed by atoms with E-state index in [4.69, 9.17) is 0 Å². The Balaban J connectivity index is 2.05. The van der Waals surface area contributed by atoms with Gasteiger partial charge in [-0.15, -0.1) is 0 Å². The number of nitrogens with zero attached hydrogens (tertiary/aromatic N) is 1. The second-order valence-corrected chi connectivity index (χ2v) is 6.86. The number of piperidine rings is 1. The molecular weight excluding hydrogens is 232 g/mol. The van der Waals surface area contributed by atoms with Gasteiger partial charge in [0, 0.05) is 24.1 Å². The highest BCUT2D eigenvalue weighted by molar-refractivity contribution is 7.99. The minimum Gasteiger partial charge on any atom is -0.340 e. The third kappa shape index (κ3) is 2.79. The van der Waals surface area contributed by atoms with Gasteiger partial charge in [-0.3, -0.25) is 4.79 Å².